The molecule has 1 N–H and O–H groups in total. The van der Waals surface area contributed by atoms with Gasteiger partial charge in [0, 0.05) is 31.4 Å². The highest BCUT2D eigenvalue weighted by Crippen LogP contribution is 2.17. The first-order valence-electron chi connectivity index (χ1n) is 7.48. The molecule has 0 aliphatic carbocycles. The molecule has 6 heteroatoms. The summed E-state index contributed by atoms with van der Waals surface area (Å²) in [5, 5.41) is 6.73. The Bertz CT molecular complexity index is 628. The molecule has 0 aromatic carbocycles. The Hall–Kier alpha value is -2.37. The van der Waals surface area contributed by atoms with Crippen LogP contribution < -0.4 is 10.2 Å². The van der Waals surface area contributed by atoms with E-state index in [-0.39, 0.29) is 5.91 Å². The Morgan fingerprint density at radius 3 is 2.64 bits per heavy atom. The fraction of sp³-hybridized carbons (Fsp3) is 0.438. The summed E-state index contributed by atoms with van der Waals surface area (Å²) in [4.78, 5) is 18.9. The normalized spacial score (nSPS) is 10.5. The molecule has 0 unspecified atom stereocenters. The molecule has 2 rings (SSSR count). The number of pyridine rings is 1. The topological polar surface area (TPSA) is 71.3 Å². The number of nitrogens with one attached hydrogen (secondary N) is 1. The predicted molar refractivity (Wildman–Crippen MR) is 84.9 cm³/mol. The zero-order chi connectivity index (χ0) is 16.1. The van der Waals surface area contributed by atoms with Gasteiger partial charge in [-0.15, -0.1) is 0 Å². The molecule has 0 saturated heterocycles. The lowest BCUT2D eigenvalue weighted by molar-refractivity contribution is 0.0949. The highest BCUT2D eigenvalue weighted by Gasteiger charge is 2.18. The number of rotatable bonds is 6. The van der Waals surface area contributed by atoms with Gasteiger partial charge in [-0.05, 0) is 33.8 Å². The summed E-state index contributed by atoms with van der Waals surface area (Å²) >= 11 is 0. The van der Waals surface area contributed by atoms with Gasteiger partial charge in [0.05, 0.1) is 5.69 Å². The Morgan fingerprint density at radius 2 is 2.05 bits per heavy atom. The molecule has 0 atom stereocenters. The number of hydrogen-bond donors (Lipinski definition) is 1. The van der Waals surface area contributed by atoms with Crippen LogP contribution in [-0.2, 0) is 6.54 Å². The first-order valence-corrected chi connectivity index (χ1v) is 7.48. The van der Waals surface area contributed by atoms with Gasteiger partial charge in [0.1, 0.15) is 17.1 Å². The maximum absolute atomic E-state index is 12.3. The Morgan fingerprint density at radius 1 is 1.32 bits per heavy atom. The van der Waals surface area contributed by atoms with Gasteiger partial charge in [-0.3, -0.25) is 4.79 Å². The van der Waals surface area contributed by atoms with Crippen molar-refractivity contribution in [1.29, 1.82) is 0 Å². The fourth-order valence-electron chi connectivity index (χ4n) is 2.45. The molecule has 118 valence electrons. The second kappa shape index (κ2) is 7.06. The van der Waals surface area contributed by atoms with Crippen LogP contribution in [0, 0.1) is 13.8 Å². The summed E-state index contributed by atoms with van der Waals surface area (Å²) in [7, 11) is 0. The minimum atomic E-state index is -0.175. The number of aromatic nitrogens is 2. The minimum Gasteiger partial charge on any atom is -0.361 e. The van der Waals surface area contributed by atoms with Crippen LogP contribution in [0.15, 0.2) is 22.9 Å². The zero-order valence-corrected chi connectivity index (χ0v) is 13.5. The van der Waals surface area contributed by atoms with Crippen molar-refractivity contribution in [2.24, 2.45) is 0 Å². The van der Waals surface area contributed by atoms with Crippen molar-refractivity contribution >= 4 is 11.7 Å². The van der Waals surface area contributed by atoms with Crippen molar-refractivity contribution < 1.29 is 9.32 Å². The molecule has 2 aromatic rings. The van der Waals surface area contributed by atoms with Crippen molar-refractivity contribution in [3.63, 3.8) is 0 Å². The molecule has 0 fully saturated rings. The van der Waals surface area contributed by atoms with Gasteiger partial charge in [-0.2, -0.15) is 0 Å². The number of anilines is 1. The lowest BCUT2D eigenvalue weighted by atomic mass is 10.2. The van der Waals surface area contributed by atoms with Crippen LogP contribution in [0.25, 0.3) is 0 Å². The first kappa shape index (κ1) is 16.0. The van der Waals surface area contributed by atoms with Gasteiger partial charge in [-0.25, -0.2) is 4.98 Å². The molecule has 22 heavy (non-hydrogen) atoms. The van der Waals surface area contributed by atoms with Crippen LogP contribution in [-0.4, -0.2) is 29.1 Å². The van der Waals surface area contributed by atoms with Crippen molar-refractivity contribution in [2.75, 3.05) is 18.0 Å². The van der Waals surface area contributed by atoms with E-state index in [9.17, 15) is 4.79 Å². The molecule has 2 aromatic heterocycles. The Labute approximate surface area is 130 Å². The van der Waals surface area contributed by atoms with E-state index in [1.165, 1.54) is 0 Å². The minimum absolute atomic E-state index is 0.175. The van der Waals surface area contributed by atoms with Crippen molar-refractivity contribution in [3.8, 4) is 0 Å². The second-order valence-corrected chi connectivity index (χ2v) is 5.04. The highest BCUT2D eigenvalue weighted by molar-refractivity contribution is 5.96. The Balaban J connectivity index is 2.14. The third-order valence-corrected chi connectivity index (χ3v) is 3.63. The lowest BCUT2D eigenvalue weighted by Crippen LogP contribution is -2.28. The van der Waals surface area contributed by atoms with E-state index in [4.69, 9.17) is 4.52 Å². The van der Waals surface area contributed by atoms with Gasteiger partial charge in [0.15, 0.2) is 0 Å². The number of aryl methyl sites for hydroxylation is 2. The van der Waals surface area contributed by atoms with Crippen LogP contribution in [0.1, 0.15) is 41.2 Å². The van der Waals surface area contributed by atoms with E-state index in [0.717, 1.165) is 24.5 Å². The standard InChI is InChI=1S/C16H22N4O2/c1-5-20(6-2)15-13(8-7-9-17-15)10-18-16(21)14-11(3)19-22-12(14)4/h7-9H,5-6,10H2,1-4H3,(H,18,21). The van der Waals surface area contributed by atoms with Crippen molar-refractivity contribution in [3.05, 3.63) is 40.9 Å². The van der Waals surface area contributed by atoms with Crippen molar-refractivity contribution in [1.82, 2.24) is 15.5 Å². The smallest absolute Gasteiger partial charge is 0.257 e. The molecule has 2 heterocycles. The molecule has 0 saturated carbocycles. The highest BCUT2D eigenvalue weighted by atomic mass is 16.5. The molecule has 0 aliphatic rings. The monoisotopic (exact) mass is 302 g/mol. The van der Waals surface area contributed by atoms with Gasteiger partial charge in [0.25, 0.3) is 5.91 Å². The van der Waals surface area contributed by atoms with E-state index in [1.807, 2.05) is 12.1 Å². The summed E-state index contributed by atoms with van der Waals surface area (Å²) in [5.74, 6) is 1.27. The molecule has 0 aliphatic heterocycles. The van der Waals surface area contributed by atoms with Crippen LogP contribution in [0.5, 0.6) is 0 Å². The summed E-state index contributed by atoms with van der Waals surface area (Å²) in [6.07, 6.45) is 1.77. The van der Waals surface area contributed by atoms with E-state index in [1.54, 1.807) is 20.0 Å². The summed E-state index contributed by atoms with van der Waals surface area (Å²) in [6, 6.07) is 3.86. The van der Waals surface area contributed by atoms with Crippen LogP contribution in [0.2, 0.25) is 0 Å². The van der Waals surface area contributed by atoms with Crippen LogP contribution >= 0.6 is 0 Å². The number of nitrogens with zero attached hydrogens (tertiary/aromatic N) is 3. The first-order chi connectivity index (χ1) is 10.6. The molecule has 1 amide bonds. The lowest BCUT2D eigenvalue weighted by Gasteiger charge is -2.22. The van der Waals surface area contributed by atoms with Gasteiger partial charge in [-0.1, -0.05) is 11.2 Å². The maximum Gasteiger partial charge on any atom is 0.257 e. The fourth-order valence-corrected chi connectivity index (χ4v) is 2.45. The van der Waals surface area contributed by atoms with Crippen LogP contribution in [0.4, 0.5) is 5.82 Å². The summed E-state index contributed by atoms with van der Waals surface area (Å²) in [5.41, 5.74) is 2.10. The maximum atomic E-state index is 12.3. The molecular formula is C16H22N4O2. The van der Waals surface area contributed by atoms with Crippen molar-refractivity contribution in [2.45, 2.75) is 34.2 Å². The molecular weight excluding hydrogens is 280 g/mol. The van der Waals surface area contributed by atoms with Gasteiger partial charge < -0.3 is 14.7 Å². The SMILES string of the molecule is CCN(CC)c1ncccc1CNC(=O)c1c(C)noc1C. The predicted octanol–water partition coefficient (Wildman–Crippen LogP) is 2.46. The van der Waals surface area contributed by atoms with Crippen LogP contribution in [0.3, 0.4) is 0 Å². The van der Waals surface area contributed by atoms with E-state index in [0.29, 0.717) is 23.6 Å². The van der Waals surface area contributed by atoms with E-state index < -0.39 is 0 Å². The zero-order valence-electron chi connectivity index (χ0n) is 13.5. The molecule has 0 radical (unpaired) electrons. The average Bonchev–Trinajstić information content (AvgIpc) is 2.86. The summed E-state index contributed by atoms with van der Waals surface area (Å²) < 4.78 is 5.03. The summed E-state index contributed by atoms with van der Waals surface area (Å²) in [6.45, 7) is 9.84. The average molecular weight is 302 g/mol. The van der Waals surface area contributed by atoms with E-state index >= 15 is 0 Å². The van der Waals surface area contributed by atoms with Gasteiger partial charge >= 0.3 is 0 Å². The number of hydrogen-bond acceptors (Lipinski definition) is 5. The molecule has 0 bridgehead atoms. The Kier molecular flexibility index (Phi) is 5.14. The largest absolute Gasteiger partial charge is 0.361 e. The number of amides is 1. The number of carbonyl (C=O) groups excluding carboxylic acids is 1. The number of carbonyl (C=O) groups is 1. The third kappa shape index (κ3) is 3.27. The third-order valence-electron chi connectivity index (χ3n) is 3.63. The van der Waals surface area contributed by atoms with Gasteiger partial charge in [0.2, 0.25) is 0 Å². The molecule has 6 nitrogen and oxygen atoms in total. The van der Waals surface area contributed by atoms with E-state index in [2.05, 4.69) is 34.2 Å². The second-order valence-electron chi connectivity index (χ2n) is 5.04. The molecule has 0 spiro atoms. The quantitative estimate of drug-likeness (QED) is 0.887.